The van der Waals surface area contributed by atoms with E-state index in [4.69, 9.17) is 9.47 Å². The molecule has 31 heavy (non-hydrogen) atoms. The van der Waals surface area contributed by atoms with Gasteiger partial charge in [-0.3, -0.25) is 9.59 Å². The highest BCUT2D eigenvalue weighted by Crippen LogP contribution is 2.49. The van der Waals surface area contributed by atoms with Crippen molar-refractivity contribution in [3.8, 4) is 0 Å². The van der Waals surface area contributed by atoms with Gasteiger partial charge < -0.3 is 9.47 Å². The summed E-state index contributed by atoms with van der Waals surface area (Å²) in [5, 5.41) is 0. The first kappa shape index (κ1) is 21.3. The first-order valence-corrected chi connectivity index (χ1v) is 13.0. The summed E-state index contributed by atoms with van der Waals surface area (Å²) in [7, 11) is -3.66. The highest BCUT2D eigenvalue weighted by Gasteiger charge is 2.65. The number of hydrogen-bond donors (Lipinski definition) is 0. The monoisotopic (exact) mass is 432 g/mol. The number of benzene rings is 2. The molecule has 0 saturated heterocycles. The van der Waals surface area contributed by atoms with Crippen molar-refractivity contribution < 1.29 is 19.1 Å². The maximum Gasteiger partial charge on any atom is 0.333 e. The number of hydrogen-bond acceptors (Lipinski definition) is 4. The fraction of sp³-hybridized carbons (Fsp3) is 0.308. The van der Waals surface area contributed by atoms with Gasteiger partial charge in [0.15, 0.2) is 0 Å². The van der Waals surface area contributed by atoms with Crippen molar-refractivity contribution in [1.29, 1.82) is 0 Å². The number of fused-ring (bicyclic) bond motifs is 2. The summed E-state index contributed by atoms with van der Waals surface area (Å²) >= 11 is 0. The van der Waals surface area contributed by atoms with E-state index < -0.39 is 19.3 Å². The van der Waals surface area contributed by atoms with Gasteiger partial charge in [-0.15, -0.1) is 0 Å². The van der Waals surface area contributed by atoms with Crippen molar-refractivity contribution in [2.24, 2.45) is 0 Å². The van der Waals surface area contributed by atoms with Crippen LogP contribution in [0.15, 0.2) is 60.7 Å². The Morgan fingerprint density at radius 1 is 0.710 bits per heavy atom. The third-order valence-electron chi connectivity index (χ3n) is 5.94. The first-order chi connectivity index (χ1) is 14.9. The first-order valence-electron chi connectivity index (χ1n) is 10.8. The van der Waals surface area contributed by atoms with Crippen LogP contribution in [0.3, 0.4) is 0 Å². The topological polar surface area (TPSA) is 52.6 Å². The molecular formula is C26H28O4Si. The average Bonchev–Trinajstić information content (AvgIpc) is 3.33. The normalized spacial score (nSPS) is 18.9. The lowest BCUT2D eigenvalue weighted by molar-refractivity contribution is 0.127. The second-order valence-electron chi connectivity index (χ2n) is 8.71. The van der Waals surface area contributed by atoms with E-state index in [0.29, 0.717) is 0 Å². The molecule has 2 aliphatic rings. The summed E-state index contributed by atoms with van der Waals surface area (Å²) in [6, 6.07) is 15.9. The van der Waals surface area contributed by atoms with Crippen LogP contribution in [0.4, 0.5) is 9.59 Å². The van der Waals surface area contributed by atoms with E-state index >= 15 is 0 Å². The van der Waals surface area contributed by atoms with Crippen LogP contribution in [-0.4, -0.2) is 31.5 Å². The minimum absolute atomic E-state index is 0.326. The molecule has 2 aromatic carbocycles. The molecule has 0 saturated carbocycles. The quantitative estimate of drug-likeness (QED) is 0.496. The van der Waals surface area contributed by atoms with Gasteiger partial charge in [0.1, 0.15) is 0 Å². The Bertz CT molecular complexity index is 981. The van der Waals surface area contributed by atoms with Crippen LogP contribution in [-0.2, 0) is 9.47 Å². The van der Waals surface area contributed by atoms with Crippen molar-refractivity contribution in [2.45, 2.75) is 51.0 Å². The summed E-state index contributed by atoms with van der Waals surface area (Å²) in [6.45, 7) is 7.28. The second kappa shape index (κ2) is 8.31. The molecule has 2 atom stereocenters. The average molecular weight is 433 g/mol. The molecular weight excluding hydrogens is 404 g/mol. The van der Waals surface area contributed by atoms with E-state index in [9.17, 15) is 9.59 Å². The molecule has 0 heterocycles. The third-order valence-corrected chi connectivity index (χ3v) is 10.5. The molecule has 160 valence electrons. The molecule has 4 rings (SSSR count). The molecule has 2 aliphatic carbocycles. The van der Waals surface area contributed by atoms with Gasteiger partial charge in [0, 0.05) is 11.1 Å². The largest absolute Gasteiger partial charge is 0.467 e. The zero-order valence-electron chi connectivity index (χ0n) is 18.4. The number of rotatable bonds is 6. The Kier molecular flexibility index (Phi) is 5.71. The van der Waals surface area contributed by atoms with Crippen molar-refractivity contribution in [1.82, 2.24) is 0 Å². The maximum atomic E-state index is 14.0. The lowest BCUT2D eigenvalue weighted by Gasteiger charge is -2.37. The van der Waals surface area contributed by atoms with Crippen LogP contribution in [0.5, 0.6) is 0 Å². The van der Waals surface area contributed by atoms with Crippen molar-refractivity contribution in [3.63, 3.8) is 0 Å². The smallest absolute Gasteiger partial charge is 0.333 e. The minimum Gasteiger partial charge on any atom is -0.467 e. The Balaban J connectivity index is 1.96. The highest BCUT2D eigenvalue weighted by atomic mass is 28.3. The van der Waals surface area contributed by atoms with E-state index in [1.54, 1.807) is 0 Å². The van der Waals surface area contributed by atoms with Crippen LogP contribution in [0, 0.1) is 0 Å². The van der Waals surface area contributed by atoms with E-state index in [2.05, 4.69) is 0 Å². The maximum absolute atomic E-state index is 14.0. The van der Waals surface area contributed by atoms with Crippen molar-refractivity contribution in [2.75, 3.05) is 0 Å². The molecule has 0 spiro atoms. The van der Waals surface area contributed by atoms with Gasteiger partial charge in [-0.1, -0.05) is 72.8 Å². The third kappa shape index (κ3) is 3.57. The lowest BCUT2D eigenvalue weighted by atomic mass is 10.1. The summed E-state index contributed by atoms with van der Waals surface area (Å²) in [6.07, 6.45) is 7.39. The molecule has 0 aromatic heterocycles. The van der Waals surface area contributed by atoms with E-state index in [0.717, 1.165) is 22.3 Å². The zero-order valence-corrected chi connectivity index (χ0v) is 19.4. The van der Waals surface area contributed by atoms with Gasteiger partial charge in [-0.05, 0) is 49.9 Å². The summed E-state index contributed by atoms with van der Waals surface area (Å²) in [5.41, 5.74) is 2.52. The predicted molar refractivity (Wildman–Crippen MR) is 125 cm³/mol. The lowest BCUT2D eigenvalue weighted by Crippen LogP contribution is -2.62. The summed E-state index contributed by atoms with van der Waals surface area (Å²) < 4.78 is 11.7. The SMILES string of the molecule is CC(C)OC(=O)[Si](C(=O)OC(C)C)(C1C=Cc2ccccc21)C1C=Cc2ccccc21. The standard InChI is InChI=1S/C26H28O4Si/c1-17(2)29-25(27)31(26(28)30-18(3)4,23-15-13-19-9-5-7-11-21(19)23)24-16-14-20-10-6-8-12-22(20)24/h5-18,23-24H,1-4H3. The van der Waals surface area contributed by atoms with E-state index in [-0.39, 0.29) is 23.3 Å². The molecule has 0 bridgehead atoms. The molecule has 2 unspecified atom stereocenters. The Morgan fingerprint density at radius 3 is 1.48 bits per heavy atom. The Labute approximate surface area is 184 Å². The summed E-state index contributed by atoms with van der Waals surface area (Å²) in [5.74, 6) is 0. The fourth-order valence-electron chi connectivity index (χ4n) is 4.70. The number of carbonyl (C=O) groups is 2. The van der Waals surface area contributed by atoms with Gasteiger partial charge in [0.25, 0.3) is 11.2 Å². The molecule has 0 radical (unpaired) electrons. The van der Waals surface area contributed by atoms with Crippen molar-refractivity contribution in [3.05, 3.63) is 82.9 Å². The van der Waals surface area contributed by atoms with Gasteiger partial charge in [-0.2, -0.15) is 0 Å². The van der Waals surface area contributed by atoms with Crippen LogP contribution in [0.1, 0.15) is 61.0 Å². The predicted octanol–water partition coefficient (Wildman–Crippen LogP) is 6.39. The van der Waals surface area contributed by atoms with Crippen LogP contribution in [0.2, 0.25) is 0 Å². The number of carbonyl (C=O) groups excluding carboxylic acids is 2. The summed E-state index contributed by atoms with van der Waals surface area (Å²) in [4.78, 5) is 27.9. The van der Waals surface area contributed by atoms with Gasteiger partial charge in [0.2, 0.25) is 0 Å². The number of ether oxygens (including phenoxy) is 2. The van der Waals surface area contributed by atoms with E-state index in [1.807, 2.05) is 101 Å². The second-order valence-corrected chi connectivity index (χ2v) is 12.5. The zero-order chi connectivity index (χ0) is 22.2. The Hall–Kier alpha value is -2.92. The number of allylic oxidation sites excluding steroid dienone is 2. The van der Waals surface area contributed by atoms with Gasteiger partial charge >= 0.3 is 8.07 Å². The van der Waals surface area contributed by atoms with Gasteiger partial charge in [0.05, 0.1) is 12.2 Å². The van der Waals surface area contributed by atoms with Crippen LogP contribution in [0.25, 0.3) is 12.2 Å². The highest BCUT2D eigenvalue weighted by molar-refractivity contribution is 7.25. The van der Waals surface area contributed by atoms with E-state index in [1.165, 1.54) is 0 Å². The van der Waals surface area contributed by atoms with Crippen LogP contribution < -0.4 is 0 Å². The fourth-order valence-corrected chi connectivity index (χ4v) is 9.44. The molecule has 0 N–H and O–H groups in total. The molecule has 4 nitrogen and oxygen atoms in total. The van der Waals surface area contributed by atoms with Crippen molar-refractivity contribution >= 4 is 31.4 Å². The van der Waals surface area contributed by atoms with Crippen LogP contribution >= 0.6 is 0 Å². The van der Waals surface area contributed by atoms with Gasteiger partial charge in [-0.25, -0.2) is 0 Å². The minimum atomic E-state index is -3.66. The molecule has 0 aliphatic heterocycles. The molecule has 5 heteroatoms. The Morgan fingerprint density at radius 2 is 1.10 bits per heavy atom. The molecule has 0 fully saturated rings. The molecule has 0 amide bonds. The molecule has 2 aromatic rings.